The first kappa shape index (κ1) is 17.2. The van der Waals surface area contributed by atoms with Crippen LogP contribution in [0.25, 0.3) is 0 Å². The minimum Gasteiger partial charge on any atom is -0.396 e. The Balaban J connectivity index is 1.93. The lowest BCUT2D eigenvalue weighted by Gasteiger charge is -2.49. The van der Waals surface area contributed by atoms with Gasteiger partial charge in [-0.3, -0.25) is 4.90 Å². The molecule has 1 aliphatic carbocycles. The Morgan fingerprint density at radius 1 is 1.05 bits per heavy atom. The summed E-state index contributed by atoms with van der Waals surface area (Å²) in [6, 6.07) is 0. The molecule has 0 aromatic heterocycles. The fourth-order valence-electron chi connectivity index (χ4n) is 4.07. The van der Waals surface area contributed by atoms with Gasteiger partial charge in [0.2, 0.25) is 0 Å². The molecule has 1 saturated heterocycles. The summed E-state index contributed by atoms with van der Waals surface area (Å²) >= 11 is 0. The average molecular weight is 296 g/mol. The van der Waals surface area contributed by atoms with Gasteiger partial charge in [0.15, 0.2) is 0 Å². The quantitative estimate of drug-likeness (QED) is 0.757. The number of nitrogens with one attached hydrogen (secondary N) is 1. The molecule has 3 nitrogen and oxygen atoms in total. The molecule has 21 heavy (non-hydrogen) atoms. The van der Waals surface area contributed by atoms with E-state index in [2.05, 4.69) is 24.1 Å². The van der Waals surface area contributed by atoms with Gasteiger partial charge in [-0.1, -0.05) is 39.5 Å². The first-order valence-electron chi connectivity index (χ1n) is 9.21. The maximum atomic E-state index is 9.58. The summed E-state index contributed by atoms with van der Waals surface area (Å²) < 4.78 is 0. The predicted molar refractivity (Wildman–Crippen MR) is 89.6 cm³/mol. The maximum Gasteiger partial charge on any atom is 0.0496 e. The highest BCUT2D eigenvalue weighted by molar-refractivity contribution is 4.96. The molecule has 0 bridgehead atoms. The van der Waals surface area contributed by atoms with Gasteiger partial charge in [-0.25, -0.2) is 0 Å². The lowest BCUT2D eigenvalue weighted by atomic mass is 9.78. The zero-order valence-corrected chi connectivity index (χ0v) is 14.3. The molecule has 0 aromatic rings. The van der Waals surface area contributed by atoms with Crippen LogP contribution in [-0.4, -0.2) is 48.3 Å². The van der Waals surface area contributed by atoms with E-state index in [4.69, 9.17) is 0 Å². The molecule has 2 aliphatic rings. The monoisotopic (exact) mass is 296 g/mol. The Morgan fingerprint density at radius 3 is 2.24 bits per heavy atom. The van der Waals surface area contributed by atoms with Gasteiger partial charge in [0.25, 0.3) is 0 Å². The lowest BCUT2D eigenvalue weighted by Crippen LogP contribution is -2.58. The second kappa shape index (κ2) is 7.94. The van der Waals surface area contributed by atoms with E-state index in [9.17, 15) is 5.11 Å². The van der Waals surface area contributed by atoms with Crippen LogP contribution in [0.4, 0.5) is 0 Å². The normalized spacial score (nSPS) is 26.4. The first-order valence-corrected chi connectivity index (χ1v) is 9.21. The van der Waals surface area contributed by atoms with Gasteiger partial charge in [0, 0.05) is 30.7 Å². The molecule has 0 radical (unpaired) electrons. The highest BCUT2D eigenvalue weighted by Crippen LogP contribution is 2.35. The zero-order chi connectivity index (χ0) is 15.2. The molecule has 1 atom stereocenters. The third-order valence-electron chi connectivity index (χ3n) is 6.05. The van der Waals surface area contributed by atoms with Crippen LogP contribution in [0.3, 0.4) is 0 Å². The van der Waals surface area contributed by atoms with Crippen molar-refractivity contribution in [3.63, 3.8) is 0 Å². The number of likely N-dealkylation sites (tertiary alicyclic amines) is 1. The third kappa shape index (κ3) is 4.43. The van der Waals surface area contributed by atoms with Crippen LogP contribution in [0.2, 0.25) is 0 Å². The predicted octanol–water partition coefficient (Wildman–Crippen LogP) is 3.17. The lowest BCUT2D eigenvalue weighted by molar-refractivity contribution is 0.0294. The number of piperidine rings is 1. The van der Waals surface area contributed by atoms with Crippen LogP contribution in [0.1, 0.15) is 71.6 Å². The van der Waals surface area contributed by atoms with Gasteiger partial charge in [-0.15, -0.1) is 0 Å². The van der Waals surface area contributed by atoms with Crippen LogP contribution in [0, 0.1) is 5.41 Å². The summed E-state index contributed by atoms with van der Waals surface area (Å²) in [4.78, 5) is 2.80. The van der Waals surface area contributed by atoms with Gasteiger partial charge >= 0.3 is 0 Å². The highest BCUT2D eigenvalue weighted by atomic mass is 16.3. The largest absolute Gasteiger partial charge is 0.396 e. The Kier molecular flexibility index (Phi) is 6.51. The standard InChI is InChI=1S/C18H36N2O/c1-3-17(2,16-21)14-19-15-18(10-6-4-7-11-18)20-12-8-5-9-13-20/h19,21H,3-16H2,1-2H3. The van der Waals surface area contributed by atoms with Crippen LogP contribution in [0.15, 0.2) is 0 Å². The van der Waals surface area contributed by atoms with Crippen molar-refractivity contribution in [2.24, 2.45) is 5.41 Å². The Labute approximate surface area is 131 Å². The summed E-state index contributed by atoms with van der Waals surface area (Å²) in [5, 5.41) is 13.3. The topological polar surface area (TPSA) is 35.5 Å². The molecule has 1 unspecified atom stereocenters. The van der Waals surface area contributed by atoms with E-state index >= 15 is 0 Å². The van der Waals surface area contributed by atoms with Crippen LogP contribution >= 0.6 is 0 Å². The maximum absolute atomic E-state index is 9.58. The van der Waals surface area contributed by atoms with Crippen LogP contribution in [0.5, 0.6) is 0 Å². The van der Waals surface area contributed by atoms with E-state index in [-0.39, 0.29) is 12.0 Å². The van der Waals surface area contributed by atoms with Crippen molar-refractivity contribution in [1.29, 1.82) is 0 Å². The summed E-state index contributed by atoms with van der Waals surface area (Å²) in [7, 11) is 0. The number of hydrogen-bond acceptors (Lipinski definition) is 3. The molecule has 0 spiro atoms. The second-order valence-corrected chi connectivity index (χ2v) is 7.76. The fourth-order valence-corrected chi connectivity index (χ4v) is 4.07. The molecule has 2 N–H and O–H groups in total. The molecule has 1 saturated carbocycles. The van der Waals surface area contributed by atoms with Gasteiger partial charge in [-0.05, 0) is 45.2 Å². The van der Waals surface area contributed by atoms with E-state index in [0.29, 0.717) is 5.54 Å². The van der Waals surface area contributed by atoms with E-state index < -0.39 is 0 Å². The van der Waals surface area contributed by atoms with E-state index in [1.54, 1.807) is 0 Å². The van der Waals surface area contributed by atoms with Gasteiger partial charge in [-0.2, -0.15) is 0 Å². The van der Waals surface area contributed by atoms with Crippen LogP contribution in [-0.2, 0) is 0 Å². The van der Waals surface area contributed by atoms with Crippen molar-refractivity contribution in [3.8, 4) is 0 Å². The summed E-state index contributed by atoms with van der Waals surface area (Å²) in [5.41, 5.74) is 0.445. The molecule has 1 heterocycles. The van der Waals surface area contributed by atoms with Crippen molar-refractivity contribution in [3.05, 3.63) is 0 Å². The molecular formula is C18H36N2O. The number of rotatable bonds is 7. The molecule has 124 valence electrons. The molecule has 0 amide bonds. The minimum absolute atomic E-state index is 0.0394. The van der Waals surface area contributed by atoms with Crippen molar-refractivity contribution in [1.82, 2.24) is 10.2 Å². The SMILES string of the molecule is CCC(C)(CO)CNCC1(N2CCCCC2)CCCCC1. The molecule has 2 rings (SSSR count). The Morgan fingerprint density at radius 2 is 1.67 bits per heavy atom. The second-order valence-electron chi connectivity index (χ2n) is 7.76. The molecular weight excluding hydrogens is 260 g/mol. The summed E-state index contributed by atoms with van der Waals surface area (Å²) in [6.07, 6.45) is 12.1. The van der Waals surface area contributed by atoms with Gasteiger partial charge < -0.3 is 10.4 Å². The third-order valence-corrected chi connectivity index (χ3v) is 6.05. The Bertz CT molecular complexity index is 290. The number of nitrogens with zero attached hydrogens (tertiary/aromatic N) is 1. The Hall–Kier alpha value is -0.120. The molecule has 1 aliphatic heterocycles. The molecule has 2 fully saturated rings. The average Bonchev–Trinajstić information content (AvgIpc) is 2.56. The van der Waals surface area contributed by atoms with Gasteiger partial charge in [0.05, 0.1) is 0 Å². The molecule has 3 heteroatoms. The summed E-state index contributed by atoms with van der Waals surface area (Å²) in [5.74, 6) is 0. The number of aliphatic hydroxyl groups is 1. The summed E-state index contributed by atoms with van der Waals surface area (Å²) in [6.45, 7) is 9.30. The first-order chi connectivity index (χ1) is 10.1. The van der Waals surface area contributed by atoms with Crippen molar-refractivity contribution < 1.29 is 5.11 Å². The smallest absolute Gasteiger partial charge is 0.0496 e. The van der Waals surface area contributed by atoms with E-state index in [1.165, 1.54) is 64.5 Å². The van der Waals surface area contributed by atoms with Crippen molar-refractivity contribution in [2.45, 2.75) is 77.2 Å². The minimum atomic E-state index is 0.0394. The highest BCUT2D eigenvalue weighted by Gasteiger charge is 2.38. The van der Waals surface area contributed by atoms with E-state index in [1.807, 2.05) is 0 Å². The van der Waals surface area contributed by atoms with E-state index in [0.717, 1.165) is 19.5 Å². The zero-order valence-electron chi connectivity index (χ0n) is 14.3. The fraction of sp³-hybridized carbons (Fsp3) is 1.00. The molecule has 0 aromatic carbocycles. The van der Waals surface area contributed by atoms with Gasteiger partial charge in [0.1, 0.15) is 0 Å². The number of hydrogen-bond donors (Lipinski definition) is 2. The van der Waals surface area contributed by atoms with Crippen molar-refractivity contribution >= 4 is 0 Å². The number of aliphatic hydroxyl groups excluding tert-OH is 1. The van der Waals surface area contributed by atoms with Crippen LogP contribution < -0.4 is 5.32 Å². The van der Waals surface area contributed by atoms with Crippen molar-refractivity contribution in [2.75, 3.05) is 32.8 Å².